The summed E-state index contributed by atoms with van der Waals surface area (Å²) in [5.74, 6) is -0.0762. The quantitative estimate of drug-likeness (QED) is 0.470. The van der Waals surface area contributed by atoms with Gasteiger partial charge in [0.25, 0.3) is 6.43 Å². The van der Waals surface area contributed by atoms with Crippen molar-refractivity contribution < 1.29 is 13.2 Å². The van der Waals surface area contributed by atoms with Crippen LogP contribution in [0.4, 0.5) is 24.7 Å². The molecule has 3 aromatic heterocycles. The molecule has 0 radical (unpaired) electrons. The van der Waals surface area contributed by atoms with Crippen LogP contribution in [0.5, 0.6) is 0 Å². The first-order valence-corrected chi connectivity index (χ1v) is 10.3. The average Bonchev–Trinajstić information content (AvgIpc) is 3.27. The number of nitrogens with one attached hydrogen (secondary N) is 1. The molecule has 1 N–H and O–H groups in total. The van der Waals surface area contributed by atoms with Crippen molar-refractivity contribution in [1.29, 1.82) is 0 Å². The van der Waals surface area contributed by atoms with Crippen LogP contribution in [0.2, 0.25) is 0 Å². The van der Waals surface area contributed by atoms with Crippen molar-refractivity contribution in [3.05, 3.63) is 77.9 Å². The van der Waals surface area contributed by atoms with E-state index in [1.807, 2.05) is 18.6 Å². The van der Waals surface area contributed by atoms with E-state index in [9.17, 15) is 13.2 Å². The van der Waals surface area contributed by atoms with Crippen molar-refractivity contribution in [2.75, 3.05) is 16.8 Å². The maximum Gasteiger partial charge on any atom is 0.266 e. The Labute approximate surface area is 182 Å². The molecular formula is C23H21F3N6. The molecule has 0 spiro atoms. The number of fused-ring (bicyclic) bond motifs is 2. The summed E-state index contributed by atoms with van der Waals surface area (Å²) < 4.78 is 43.0. The Kier molecular flexibility index (Phi) is 5.16. The van der Waals surface area contributed by atoms with Crippen LogP contribution in [0.1, 0.15) is 36.2 Å². The molecule has 0 bridgehead atoms. The molecule has 4 heterocycles. The lowest BCUT2D eigenvalue weighted by molar-refractivity contribution is 0.146. The fourth-order valence-corrected chi connectivity index (χ4v) is 4.10. The van der Waals surface area contributed by atoms with E-state index in [1.165, 1.54) is 12.1 Å². The fraction of sp³-hybridized carbons (Fsp3) is 0.261. The highest BCUT2D eigenvalue weighted by molar-refractivity contribution is 5.92. The van der Waals surface area contributed by atoms with Gasteiger partial charge in [-0.1, -0.05) is 18.2 Å². The highest BCUT2D eigenvalue weighted by Crippen LogP contribution is 2.32. The predicted octanol–water partition coefficient (Wildman–Crippen LogP) is 5.10. The van der Waals surface area contributed by atoms with Gasteiger partial charge in [0.1, 0.15) is 11.6 Å². The molecule has 0 saturated carbocycles. The molecule has 5 rings (SSSR count). The Bertz CT molecular complexity index is 1270. The molecule has 0 aliphatic carbocycles. The smallest absolute Gasteiger partial charge is 0.266 e. The zero-order valence-electron chi connectivity index (χ0n) is 17.3. The van der Waals surface area contributed by atoms with E-state index in [0.717, 1.165) is 41.7 Å². The van der Waals surface area contributed by atoms with Gasteiger partial charge >= 0.3 is 0 Å². The molecule has 1 aliphatic rings. The lowest BCUT2D eigenvalue weighted by atomic mass is 10.0. The first-order chi connectivity index (χ1) is 15.5. The lowest BCUT2D eigenvalue weighted by Crippen LogP contribution is -2.33. The zero-order valence-corrected chi connectivity index (χ0v) is 17.3. The molecule has 1 atom stereocenters. The third kappa shape index (κ3) is 3.63. The van der Waals surface area contributed by atoms with E-state index in [1.54, 1.807) is 25.4 Å². The fourth-order valence-electron chi connectivity index (χ4n) is 4.10. The molecule has 32 heavy (non-hydrogen) atoms. The second-order valence-electron chi connectivity index (χ2n) is 7.84. The molecule has 1 aliphatic heterocycles. The van der Waals surface area contributed by atoms with Crippen LogP contribution in [0.3, 0.4) is 0 Å². The van der Waals surface area contributed by atoms with Crippen molar-refractivity contribution in [3.63, 3.8) is 0 Å². The van der Waals surface area contributed by atoms with E-state index >= 15 is 0 Å². The highest BCUT2D eigenvalue weighted by atomic mass is 19.3. The van der Waals surface area contributed by atoms with Crippen LogP contribution in [-0.4, -0.2) is 26.1 Å². The van der Waals surface area contributed by atoms with Gasteiger partial charge in [0.15, 0.2) is 0 Å². The molecule has 164 valence electrons. The van der Waals surface area contributed by atoms with E-state index in [2.05, 4.69) is 29.7 Å². The maximum atomic E-state index is 14.6. The van der Waals surface area contributed by atoms with Crippen molar-refractivity contribution in [3.8, 4) is 0 Å². The van der Waals surface area contributed by atoms with Crippen LogP contribution in [0.25, 0.3) is 10.9 Å². The molecule has 6 nitrogen and oxygen atoms in total. The highest BCUT2D eigenvalue weighted by Gasteiger charge is 2.21. The Morgan fingerprint density at radius 1 is 1.06 bits per heavy atom. The van der Waals surface area contributed by atoms with Gasteiger partial charge in [0, 0.05) is 42.1 Å². The molecule has 0 saturated heterocycles. The van der Waals surface area contributed by atoms with Gasteiger partial charge in [-0.3, -0.25) is 4.98 Å². The minimum absolute atomic E-state index is 0.186. The van der Waals surface area contributed by atoms with Gasteiger partial charge in [0.05, 0.1) is 41.9 Å². The van der Waals surface area contributed by atoms with Crippen LogP contribution < -0.4 is 10.2 Å². The largest absolute Gasteiger partial charge is 0.378 e. The number of pyridine rings is 2. The molecule has 0 amide bonds. The van der Waals surface area contributed by atoms with Gasteiger partial charge in [0.2, 0.25) is 0 Å². The molecule has 0 fully saturated rings. The zero-order chi connectivity index (χ0) is 22.2. The summed E-state index contributed by atoms with van der Waals surface area (Å²) in [5.41, 5.74) is 2.13. The Hall–Kier alpha value is -3.62. The van der Waals surface area contributed by atoms with E-state index in [4.69, 9.17) is 0 Å². The summed E-state index contributed by atoms with van der Waals surface area (Å²) in [6.45, 7) is 4.06. The van der Waals surface area contributed by atoms with E-state index in [0.29, 0.717) is 12.1 Å². The normalized spacial score (nSPS) is 14.6. The van der Waals surface area contributed by atoms with Crippen molar-refractivity contribution in [2.45, 2.75) is 32.5 Å². The van der Waals surface area contributed by atoms with Crippen molar-refractivity contribution >= 4 is 22.4 Å². The summed E-state index contributed by atoms with van der Waals surface area (Å²) in [4.78, 5) is 15.3. The minimum atomic E-state index is -2.86. The summed E-state index contributed by atoms with van der Waals surface area (Å²) in [6.07, 6.45) is 4.18. The minimum Gasteiger partial charge on any atom is -0.378 e. The maximum absolute atomic E-state index is 14.6. The summed E-state index contributed by atoms with van der Waals surface area (Å²) in [5, 5.41) is 4.09. The summed E-state index contributed by atoms with van der Waals surface area (Å²) in [6, 6.07) is 7.30. The SMILES string of the molecule is C[C@@H](Nc1ccnc2cnc(N3CCn4cncc4C3)cc12)c1cccc(C(F)F)c1F. The molecule has 1 aromatic carbocycles. The summed E-state index contributed by atoms with van der Waals surface area (Å²) in [7, 11) is 0. The first-order valence-electron chi connectivity index (χ1n) is 10.3. The second kappa shape index (κ2) is 8.14. The molecule has 4 aromatic rings. The number of hydrogen-bond acceptors (Lipinski definition) is 5. The number of imidazole rings is 1. The van der Waals surface area contributed by atoms with Gasteiger partial charge in [-0.05, 0) is 19.1 Å². The van der Waals surface area contributed by atoms with Gasteiger partial charge in [-0.2, -0.15) is 0 Å². The predicted molar refractivity (Wildman–Crippen MR) is 116 cm³/mol. The average molecular weight is 438 g/mol. The molecule has 0 unspecified atom stereocenters. The topological polar surface area (TPSA) is 58.9 Å². The van der Waals surface area contributed by atoms with Gasteiger partial charge < -0.3 is 14.8 Å². The standard InChI is InChI=1S/C23H21F3N6/c1-14(16-3-2-4-17(22(16)24)23(25)26)30-19-5-6-28-20-11-29-21(9-18(19)20)31-7-8-32-13-27-10-15(32)12-31/h2-6,9-11,13-14,23H,7-8,12H2,1H3,(H,28,30)/t14-/m1/s1. The van der Waals surface area contributed by atoms with Gasteiger partial charge in [-0.15, -0.1) is 0 Å². The van der Waals surface area contributed by atoms with Gasteiger partial charge in [-0.25, -0.2) is 23.1 Å². The van der Waals surface area contributed by atoms with Crippen LogP contribution >= 0.6 is 0 Å². The van der Waals surface area contributed by atoms with E-state index in [-0.39, 0.29) is 5.56 Å². The number of aromatic nitrogens is 4. The number of alkyl halides is 2. The lowest BCUT2D eigenvalue weighted by Gasteiger charge is -2.29. The number of hydrogen-bond donors (Lipinski definition) is 1. The third-order valence-electron chi connectivity index (χ3n) is 5.83. The molecule has 9 heteroatoms. The second-order valence-corrected chi connectivity index (χ2v) is 7.84. The van der Waals surface area contributed by atoms with E-state index < -0.39 is 23.8 Å². The van der Waals surface area contributed by atoms with Crippen molar-refractivity contribution in [2.24, 2.45) is 0 Å². The number of halogens is 3. The number of rotatable bonds is 5. The Morgan fingerprint density at radius 2 is 1.91 bits per heavy atom. The third-order valence-corrected chi connectivity index (χ3v) is 5.83. The van der Waals surface area contributed by atoms with Crippen LogP contribution in [0, 0.1) is 5.82 Å². The number of anilines is 2. The Morgan fingerprint density at radius 3 is 2.75 bits per heavy atom. The van der Waals surface area contributed by atoms with Crippen molar-refractivity contribution in [1.82, 2.24) is 19.5 Å². The summed E-state index contributed by atoms with van der Waals surface area (Å²) >= 11 is 0. The first kappa shape index (κ1) is 20.3. The molecular weight excluding hydrogens is 417 g/mol. The number of benzene rings is 1. The van der Waals surface area contributed by atoms with Crippen LogP contribution in [0.15, 0.2) is 55.2 Å². The van der Waals surface area contributed by atoms with Crippen LogP contribution in [-0.2, 0) is 13.1 Å². The number of nitrogens with zero attached hydrogens (tertiary/aromatic N) is 5. The monoisotopic (exact) mass is 438 g/mol. The Balaban J connectivity index is 1.46.